The predicted octanol–water partition coefficient (Wildman–Crippen LogP) is 8.16. The lowest BCUT2D eigenvalue weighted by molar-refractivity contribution is -0.109. The second-order valence-corrected chi connectivity index (χ2v) is 11.4. The summed E-state index contributed by atoms with van der Waals surface area (Å²) in [6, 6.07) is 4.56. The number of rotatable bonds is 20. The van der Waals surface area contributed by atoms with Gasteiger partial charge in [-0.05, 0) is 84.7 Å². The van der Waals surface area contributed by atoms with Gasteiger partial charge in [-0.3, -0.25) is 9.59 Å². The van der Waals surface area contributed by atoms with E-state index in [-0.39, 0.29) is 10.2 Å². The summed E-state index contributed by atoms with van der Waals surface area (Å²) in [5, 5.41) is 7.81. The highest BCUT2D eigenvalue weighted by Gasteiger charge is 2.11. The van der Waals surface area contributed by atoms with Gasteiger partial charge in [0.2, 0.25) is 0 Å². The molecule has 0 aliphatic carbocycles. The van der Waals surface area contributed by atoms with Gasteiger partial charge in [0.15, 0.2) is 10.2 Å². The van der Waals surface area contributed by atoms with Crippen LogP contribution < -0.4 is 0 Å². The van der Waals surface area contributed by atoms with Gasteiger partial charge in [0.1, 0.15) is 0 Å². The van der Waals surface area contributed by atoms with Gasteiger partial charge >= 0.3 is 0 Å². The van der Waals surface area contributed by atoms with Crippen molar-refractivity contribution >= 4 is 33.8 Å². The van der Waals surface area contributed by atoms with Crippen molar-refractivity contribution in [3.8, 4) is 0 Å². The minimum absolute atomic E-state index is 0.186. The zero-order valence-corrected chi connectivity index (χ0v) is 23.4. The van der Waals surface area contributed by atoms with Crippen molar-refractivity contribution in [3.05, 3.63) is 55.3 Å². The fourth-order valence-corrected chi connectivity index (χ4v) is 5.40. The summed E-state index contributed by atoms with van der Waals surface area (Å²) in [6.45, 7) is 4.06. The highest BCUT2D eigenvalue weighted by molar-refractivity contribution is 8.13. The quantitative estimate of drug-likeness (QED) is 0.0725. The summed E-state index contributed by atoms with van der Waals surface area (Å²) in [5.41, 5.74) is 22.5. The Morgan fingerprint density at radius 2 is 1.00 bits per heavy atom. The van der Waals surface area contributed by atoms with Gasteiger partial charge in [-0.2, -0.15) is 0 Å². The van der Waals surface area contributed by atoms with Crippen molar-refractivity contribution in [2.24, 2.45) is 10.2 Å². The number of benzene rings is 1. The van der Waals surface area contributed by atoms with Crippen LogP contribution in [-0.4, -0.2) is 34.8 Å². The maximum atomic E-state index is 11.1. The van der Waals surface area contributed by atoms with Gasteiger partial charge in [0.05, 0.1) is 0 Å². The fourth-order valence-electron chi connectivity index (χ4n) is 4.13. The van der Waals surface area contributed by atoms with Gasteiger partial charge in [0.25, 0.3) is 0 Å². The predicted molar refractivity (Wildman–Crippen MR) is 152 cm³/mol. The topological polar surface area (TPSA) is 132 Å². The minimum atomic E-state index is 0.186. The number of azide groups is 2. The molecular weight excluding hydrogens is 492 g/mol. The van der Waals surface area contributed by atoms with E-state index in [9.17, 15) is 9.59 Å². The third kappa shape index (κ3) is 15.8. The summed E-state index contributed by atoms with van der Waals surface area (Å²) >= 11 is 2.81. The number of hydrogen-bond donors (Lipinski definition) is 0. The molecule has 0 saturated carbocycles. The standard InChI is InChI=1S/C26H40N6O2S2/c1-21(33)35-17-9-5-3-7-11-23-19-25(13-15-29-31-27)26(14-16-30-32-28)20-24(23)12-8-4-6-10-18-36-22(2)34/h19-20H,3-18H2,1-2H3. The van der Waals surface area contributed by atoms with E-state index < -0.39 is 0 Å². The van der Waals surface area contributed by atoms with Gasteiger partial charge in [-0.15, -0.1) is 0 Å². The lowest BCUT2D eigenvalue weighted by Crippen LogP contribution is -2.05. The molecular formula is C26H40N6O2S2. The van der Waals surface area contributed by atoms with Crippen LogP contribution in [0.3, 0.4) is 0 Å². The van der Waals surface area contributed by atoms with Crippen molar-refractivity contribution in [1.82, 2.24) is 0 Å². The first kappa shape index (κ1) is 31.9. The van der Waals surface area contributed by atoms with E-state index in [1.54, 1.807) is 13.8 Å². The SMILES string of the molecule is CC(=O)SCCCCCCc1cc(CCN=[N+]=[N-])c(CCN=[N+]=[N-])cc1CCCCCCSC(C)=O. The normalized spacial score (nSPS) is 10.5. The van der Waals surface area contributed by atoms with E-state index in [0.717, 1.165) is 75.7 Å². The molecule has 1 rings (SSSR count). The fraction of sp³-hybridized carbons (Fsp3) is 0.692. The van der Waals surface area contributed by atoms with Crippen LogP contribution in [0.1, 0.15) is 87.5 Å². The number of thioether (sulfide) groups is 2. The molecule has 10 heteroatoms. The second kappa shape index (κ2) is 21.0. The highest BCUT2D eigenvalue weighted by atomic mass is 32.2. The smallest absolute Gasteiger partial charge is 0.185 e. The van der Waals surface area contributed by atoms with Crippen LogP contribution in [-0.2, 0) is 35.3 Å². The van der Waals surface area contributed by atoms with E-state index in [1.165, 1.54) is 45.8 Å². The van der Waals surface area contributed by atoms with E-state index >= 15 is 0 Å². The second-order valence-electron chi connectivity index (χ2n) is 8.81. The Kier molecular flexibility index (Phi) is 18.6. The Morgan fingerprint density at radius 3 is 1.36 bits per heavy atom. The number of carbonyl (C=O) groups is 2. The molecule has 0 fully saturated rings. The molecule has 0 aliphatic heterocycles. The van der Waals surface area contributed by atoms with Crippen LogP contribution in [0.5, 0.6) is 0 Å². The van der Waals surface area contributed by atoms with E-state index in [2.05, 4.69) is 32.2 Å². The lowest BCUT2D eigenvalue weighted by atomic mass is 9.90. The number of hydrogen-bond acceptors (Lipinski definition) is 6. The first-order valence-corrected chi connectivity index (χ1v) is 14.9. The minimum Gasteiger partial charge on any atom is -0.288 e. The van der Waals surface area contributed by atoms with Crippen LogP contribution in [0.25, 0.3) is 20.9 Å². The van der Waals surface area contributed by atoms with Crippen molar-refractivity contribution in [1.29, 1.82) is 0 Å². The van der Waals surface area contributed by atoms with Crippen LogP contribution >= 0.6 is 23.5 Å². The third-order valence-electron chi connectivity index (χ3n) is 5.90. The molecule has 0 spiro atoms. The first-order valence-electron chi connectivity index (χ1n) is 12.9. The van der Waals surface area contributed by atoms with Gasteiger partial charge in [0, 0.05) is 48.3 Å². The zero-order chi connectivity index (χ0) is 26.4. The molecule has 0 unspecified atom stereocenters. The van der Waals surface area contributed by atoms with E-state index in [1.807, 2.05) is 0 Å². The first-order chi connectivity index (χ1) is 17.5. The summed E-state index contributed by atoms with van der Waals surface area (Å²) in [5.74, 6) is 1.80. The number of aryl methyl sites for hydroxylation is 2. The van der Waals surface area contributed by atoms with E-state index in [4.69, 9.17) is 11.1 Å². The van der Waals surface area contributed by atoms with Crippen LogP contribution in [0, 0.1) is 0 Å². The zero-order valence-electron chi connectivity index (χ0n) is 21.8. The Balaban J connectivity index is 2.83. The Labute approximate surface area is 224 Å². The molecule has 0 saturated heterocycles. The number of unbranched alkanes of at least 4 members (excludes halogenated alkanes) is 6. The molecule has 198 valence electrons. The van der Waals surface area contributed by atoms with Crippen molar-refractivity contribution in [2.75, 3.05) is 24.6 Å². The van der Waals surface area contributed by atoms with Gasteiger partial charge in [-0.1, -0.05) is 71.6 Å². The Morgan fingerprint density at radius 1 is 0.639 bits per heavy atom. The molecule has 0 heterocycles. The maximum Gasteiger partial charge on any atom is 0.185 e. The molecule has 0 aromatic heterocycles. The molecule has 0 amide bonds. The average Bonchev–Trinajstić information content (AvgIpc) is 2.84. The Bertz CT molecular complexity index is 839. The summed E-state index contributed by atoms with van der Waals surface area (Å²) in [7, 11) is 0. The number of nitrogens with zero attached hydrogens (tertiary/aromatic N) is 6. The summed E-state index contributed by atoms with van der Waals surface area (Å²) in [4.78, 5) is 27.9. The molecule has 0 radical (unpaired) electrons. The van der Waals surface area contributed by atoms with E-state index in [0.29, 0.717) is 25.9 Å². The monoisotopic (exact) mass is 532 g/mol. The summed E-state index contributed by atoms with van der Waals surface area (Å²) in [6.07, 6.45) is 12.2. The van der Waals surface area contributed by atoms with Crippen molar-refractivity contribution in [3.63, 3.8) is 0 Å². The molecule has 0 N–H and O–H groups in total. The maximum absolute atomic E-state index is 11.1. The van der Waals surface area contributed by atoms with Crippen LogP contribution in [0.4, 0.5) is 0 Å². The molecule has 8 nitrogen and oxygen atoms in total. The largest absolute Gasteiger partial charge is 0.288 e. The molecule has 0 atom stereocenters. The molecule has 0 bridgehead atoms. The third-order valence-corrected chi connectivity index (χ3v) is 7.70. The van der Waals surface area contributed by atoms with Gasteiger partial charge < -0.3 is 0 Å². The van der Waals surface area contributed by atoms with Crippen molar-refractivity contribution < 1.29 is 9.59 Å². The average molecular weight is 533 g/mol. The van der Waals surface area contributed by atoms with Crippen LogP contribution in [0.15, 0.2) is 22.4 Å². The molecule has 36 heavy (non-hydrogen) atoms. The lowest BCUT2D eigenvalue weighted by Gasteiger charge is -2.17. The molecule has 1 aromatic carbocycles. The summed E-state index contributed by atoms with van der Waals surface area (Å²) < 4.78 is 0. The number of carbonyl (C=O) groups excluding carboxylic acids is 2. The van der Waals surface area contributed by atoms with Gasteiger partial charge in [-0.25, -0.2) is 0 Å². The molecule has 0 aliphatic rings. The highest BCUT2D eigenvalue weighted by Crippen LogP contribution is 2.24. The van der Waals surface area contributed by atoms with Crippen molar-refractivity contribution in [2.45, 2.75) is 90.9 Å². The Hall–Kier alpha value is -2.12. The van der Waals surface area contributed by atoms with Crippen LogP contribution in [0.2, 0.25) is 0 Å². The molecule has 1 aromatic rings.